The van der Waals surface area contributed by atoms with Gasteiger partial charge in [0.15, 0.2) is 23.9 Å². The topological polar surface area (TPSA) is 103 Å². The normalized spacial score (nSPS) is 14.6. The van der Waals surface area contributed by atoms with E-state index < -0.39 is 11.6 Å². The second-order valence-corrected chi connectivity index (χ2v) is 8.59. The van der Waals surface area contributed by atoms with Crippen molar-refractivity contribution in [3.8, 4) is 11.5 Å². The number of hydrogen-bond acceptors (Lipinski definition) is 9. The molecule has 172 valence electrons. The van der Waals surface area contributed by atoms with E-state index >= 15 is 0 Å². The molecule has 9 heteroatoms. The molecule has 2 aromatic rings. The Morgan fingerprint density at radius 3 is 2.70 bits per heavy atom. The highest BCUT2D eigenvalue weighted by molar-refractivity contribution is 6.21. The van der Waals surface area contributed by atoms with Crippen molar-refractivity contribution in [2.75, 3.05) is 26.8 Å². The number of aromatic nitrogens is 1. The van der Waals surface area contributed by atoms with E-state index in [2.05, 4.69) is 9.98 Å². The fourth-order valence-corrected chi connectivity index (χ4v) is 3.69. The minimum absolute atomic E-state index is 0.0900. The van der Waals surface area contributed by atoms with Crippen molar-refractivity contribution < 1.29 is 23.8 Å². The van der Waals surface area contributed by atoms with Crippen LogP contribution in [-0.4, -0.2) is 65.7 Å². The highest BCUT2D eigenvalue weighted by Gasteiger charge is 2.33. The molecule has 0 atom stereocenters. The summed E-state index contributed by atoms with van der Waals surface area (Å²) in [5.74, 6) is 1.47. The summed E-state index contributed by atoms with van der Waals surface area (Å²) in [4.78, 5) is 40.3. The maximum Gasteiger partial charge on any atom is 0.344 e. The van der Waals surface area contributed by atoms with Gasteiger partial charge in [-0.05, 0) is 45.0 Å². The number of nitrogens with zero attached hydrogens (tertiary/aromatic N) is 4. The summed E-state index contributed by atoms with van der Waals surface area (Å²) in [6.07, 6.45) is 3.26. The zero-order chi connectivity index (χ0) is 23.6. The zero-order valence-corrected chi connectivity index (χ0v) is 19.1. The molecule has 0 fully saturated rings. The van der Waals surface area contributed by atoms with Crippen molar-refractivity contribution in [1.82, 2.24) is 9.88 Å². The number of aliphatic imine (C=N–C) groups is 2. The van der Waals surface area contributed by atoms with Crippen LogP contribution in [0.1, 0.15) is 43.1 Å². The molecule has 0 saturated carbocycles. The standard InChI is InChI=1S/C24H26N4O5/c1-24(2,3)33-20(30)14-32-18-8-7-16-21(22(18)31-4)27-19(28-11-10-26-23(16)28)12-17(29)15-6-5-9-25-13-15/h5-9,13H,10-12,14H2,1-4H3. The number of ether oxygens (including phenoxy) is 3. The monoisotopic (exact) mass is 450 g/mol. The molecule has 2 aliphatic heterocycles. The minimum atomic E-state index is -0.607. The molecule has 1 aromatic carbocycles. The Kier molecular flexibility index (Phi) is 6.13. The summed E-state index contributed by atoms with van der Waals surface area (Å²) in [5.41, 5.74) is 1.21. The first-order valence-corrected chi connectivity index (χ1v) is 10.7. The van der Waals surface area contributed by atoms with Gasteiger partial charge in [0.2, 0.25) is 0 Å². The lowest BCUT2D eigenvalue weighted by Gasteiger charge is -2.28. The number of hydrogen-bond donors (Lipinski definition) is 0. The number of esters is 1. The lowest BCUT2D eigenvalue weighted by molar-refractivity contribution is -0.157. The van der Waals surface area contributed by atoms with Crippen molar-refractivity contribution in [1.29, 1.82) is 0 Å². The number of methoxy groups -OCH3 is 1. The van der Waals surface area contributed by atoms with Crippen molar-refractivity contribution in [2.24, 2.45) is 9.98 Å². The van der Waals surface area contributed by atoms with Gasteiger partial charge < -0.3 is 19.1 Å². The number of rotatable bonds is 7. The first kappa shape index (κ1) is 22.4. The summed E-state index contributed by atoms with van der Waals surface area (Å²) in [6.45, 7) is 6.36. The van der Waals surface area contributed by atoms with Crippen LogP contribution >= 0.6 is 0 Å². The van der Waals surface area contributed by atoms with Gasteiger partial charge in [0.05, 0.1) is 20.1 Å². The lowest BCUT2D eigenvalue weighted by Crippen LogP contribution is -2.38. The van der Waals surface area contributed by atoms with Gasteiger partial charge in [-0.3, -0.25) is 14.8 Å². The summed E-state index contributed by atoms with van der Waals surface area (Å²) in [6, 6.07) is 7.02. The SMILES string of the molecule is COc1c(OCC(=O)OC(C)(C)C)ccc2c1N=C(CC(=O)c1cccnc1)N1CCN=C21. The fourth-order valence-electron chi connectivity index (χ4n) is 3.69. The number of carbonyl (C=O) groups excluding carboxylic acids is 2. The smallest absolute Gasteiger partial charge is 0.344 e. The predicted octanol–water partition coefficient (Wildman–Crippen LogP) is 3.19. The van der Waals surface area contributed by atoms with E-state index in [1.165, 1.54) is 7.11 Å². The highest BCUT2D eigenvalue weighted by atomic mass is 16.6. The molecule has 0 bridgehead atoms. The van der Waals surface area contributed by atoms with E-state index in [1.807, 2.05) is 11.0 Å². The van der Waals surface area contributed by atoms with E-state index in [-0.39, 0.29) is 18.8 Å². The van der Waals surface area contributed by atoms with Crippen LogP contribution in [0.25, 0.3) is 0 Å². The van der Waals surface area contributed by atoms with Crippen LogP contribution in [0.15, 0.2) is 46.6 Å². The molecular formula is C24H26N4O5. The first-order valence-electron chi connectivity index (χ1n) is 10.7. The van der Waals surface area contributed by atoms with Gasteiger partial charge in [-0.1, -0.05) is 0 Å². The average Bonchev–Trinajstić information content (AvgIpc) is 3.27. The fraction of sp³-hybridized carbons (Fsp3) is 0.375. The molecule has 4 rings (SSSR count). The third kappa shape index (κ3) is 4.87. The van der Waals surface area contributed by atoms with Crippen molar-refractivity contribution in [2.45, 2.75) is 32.8 Å². The van der Waals surface area contributed by atoms with Gasteiger partial charge in [-0.15, -0.1) is 0 Å². The van der Waals surface area contributed by atoms with Crippen molar-refractivity contribution in [3.05, 3.63) is 47.8 Å². The Labute approximate surface area is 192 Å². The summed E-state index contributed by atoms with van der Waals surface area (Å²) < 4.78 is 16.6. The van der Waals surface area contributed by atoms with Crippen LogP contribution in [0.2, 0.25) is 0 Å². The average molecular weight is 450 g/mol. The lowest BCUT2D eigenvalue weighted by atomic mass is 10.0. The Morgan fingerprint density at radius 2 is 2.00 bits per heavy atom. The van der Waals surface area contributed by atoms with Crippen LogP contribution in [0.4, 0.5) is 5.69 Å². The largest absolute Gasteiger partial charge is 0.491 e. The Hall–Kier alpha value is -3.75. The van der Waals surface area contributed by atoms with Gasteiger partial charge in [-0.25, -0.2) is 9.79 Å². The third-order valence-electron chi connectivity index (χ3n) is 5.00. The van der Waals surface area contributed by atoms with Crippen LogP contribution in [-0.2, 0) is 9.53 Å². The summed E-state index contributed by atoms with van der Waals surface area (Å²) >= 11 is 0. The van der Waals surface area contributed by atoms with E-state index in [0.29, 0.717) is 41.7 Å². The third-order valence-corrected chi connectivity index (χ3v) is 5.00. The molecule has 0 spiro atoms. The molecule has 3 heterocycles. The van der Waals surface area contributed by atoms with Gasteiger partial charge in [0, 0.05) is 30.1 Å². The Bertz CT molecular complexity index is 1140. The molecule has 2 aliphatic rings. The van der Waals surface area contributed by atoms with Crippen LogP contribution in [0.5, 0.6) is 11.5 Å². The Balaban J connectivity index is 1.64. The van der Waals surface area contributed by atoms with E-state index in [4.69, 9.17) is 19.2 Å². The quantitative estimate of drug-likeness (QED) is 0.471. The molecule has 0 amide bonds. The number of ketones is 1. The van der Waals surface area contributed by atoms with Crippen LogP contribution in [0, 0.1) is 0 Å². The Morgan fingerprint density at radius 1 is 1.18 bits per heavy atom. The number of carbonyl (C=O) groups is 2. The highest BCUT2D eigenvalue weighted by Crippen LogP contribution is 2.43. The molecule has 0 saturated heterocycles. The molecule has 0 unspecified atom stereocenters. The summed E-state index contributed by atoms with van der Waals surface area (Å²) in [5, 5.41) is 0. The van der Waals surface area contributed by atoms with Gasteiger partial charge >= 0.3 is 5.97 Å². The molecule has 0 radical (unpaired) electrons. The number of pyridine rings is 1. The molecular weight excluding hydrogens is 424 g/mol. The maximum atomic E-state index is 12.8. The van der Waals surface area contributed by atoms with E-state index in [0.717, 1.165) is 11.4 Å². The second-order valence-electron chi connectivity index (χ2n) is 8.59. The van der Waals surface area contributed by atoms with Gasteiger partial charge in [-0.2, -0.15) is 0 Å². The van der Waals surface area contributed by atoms with Crippen LogP contribution in [0.3, 0.4) is 0 Å². The zero-order valence-electron chi connectivity index (χ0n) is 19.1. The molecule has 33 heavy (non-hydrogen) atoms. The number of fused-ring (bicyclic) bond motifs is 3. The summed E-state index contributed by atoms with van der Waals surface area (Å²) in [7, 11) is 1.51. The van der Waals surface area contributed by atoms with Crippen molar-refractivity contribution in [3.63, 3.8) is 0 Å². The second kappa shape index (κ2) is 9.01. The minimum Gasteiger partial charge on any atom is -0.491 e. The first-order chi connectivity index (χ1) is 15.8. The number of benzene rings is 1. The maximum absolute atomic E-state index is 12.8. The number of Topliss-reactive ketones (excluding diaryl/α,β-unsaturated/α-hetero) is 1. The molecule has 0 aliphatic carbocycles. The molecule has 9 nitrogen and oxygen atoms in total. The predicted molar refractivity (Wildman–Crippen MR) is 123 cm³/mol. The van der Waals surface area contributed by atoms with Gasteiger partial charge in [0.25, 0.3) is 0 Å². The van der Waals surface area contributed by atoms with E-state index in [9.17, 15) is 9.59 Å². The molecule has 0 N–H and O–H groups in total. The molecule has 1 aromatic heterocycles. The van der Waals surface area contributed by atoms with Gasteiger partial charge in [0.1, 0.15) is 23.0 Å². The van der Waals surface area contributed by atoms with Crippen molar-refractivity contribution >= 4 is 29.1 Å². The van der Waals surface area contributed by atoms with E-state index in [1.54, 1.807) is 51.4 Å². The van der Waals surface area contributed by atoms with Crippen LogP contribution < -0.4 is 9.47 Å². The number of amidine groups is 2.